The maximum Gasteiger partial charge on any atom is 1.00 e. The van der Waals surface area contributed by atoms with Crippen LogP contribution >= 0.6 is 0 Å². The van der Waals surface area contributed by atoms with E-state index in [0.717, 1.165) is 65.0 Å². The molecule has 244 valence electrons. The summed E-state index contributed by atoms with van der Waals surface area (Å²) in [5.74, 6) is 0. The summed E-state index contributed by atoms with van der Waals surface area (Å²) in [6, 6.07) is 0. The third-order valence-corrected chi connectivity index (χ3v) is 7.18. The van der Waals surface area contributed by atoms with E-state index in [-0.39, 0.29) is 75.2 Å². The zero-order valence-electron chi connectivity index (χ0n) is 31.2. The van der Waals surface area contributed by atoms with Gasteiger partial charge in [0.25, 0.3) is 0 Å². The van der Waals surface area contributed by atoms with Gasteiger partial charge in [0.05, 0.1) is 13.2 Å². The molecule has 0 rings (SSSR count). The first-order valence-electron chi connectivity index (χ1n) is 16.6. The Labute approximate surface area is 305 Å². The summed E-state index contributed by atoms with van der Waals surface area (Å²) >= 11 is 0. The zero-order valence-corrected chi connectivity index (χ0v) is 34.1. The topological polar surface area (TPSA) is 71.1 Å². The second-order valence-electron chi connectivity index (χ2n) is 9.98. The van der Waals surface area contributed by atoms with Crippen LogP contribution in [0.2, 0.25) is 0 Å². The van der Waals surface area contributed by atoms with Crippen LogP contribution < -0.4 is 59.1 Å². The van der Waals surface area contributed by atoms with Crippen LogP contribution in [0.1, 0.15) is 173 Å². The van der Waals surface area contributed by atoms with Gasteiger partial charge in [-0.25, -0.2) is 8.37 Å². The maximum atomic E-state index is 11.7. The van der Waals surface area contributed by atoms with Crippen molar-refractivity contribution in [3.05, 3.63) is 0 Å². The molecule has 9 heteroatoms. The molecule has 0 aliphatic rings. The van der Waals surface area contributed by atoms with Gasteiger partial charge in [-0.05, 0) is 40.5 Å². The van der Waals surface area contributed by atoms with Gasteiger partial charge in [-0.15, -0.1) is 0 Å². The summed E-state index contributed by atoms with van der Waals surface area (Å²) in [7, 11) is -3.80. The van der Waals surface area contributed by atoms with Gasteiger partial charge in [0.2, 0.25) is 0 Å². The molecule has 0 unspecified atom stereocenters. The van der Waals surface area contributed by atoms with Crippen molar-refractivity contribution in [1.82, 2.24) is 0 Å². The summed E-state index contributed by atoms with van der Waals surface area (Å²) < 4.78 is 43.0. The Morgan fingerprint density at radius 1 is 0.390 bits per heavy atom. The van der Waals surface area contributed by atoms with Crippen LogP contribution in [0.5, 0.6) is 0 Å². The van der Waals surface area contributed by atoms with E-state index in [1.54, 1.807) is 0 Å². The molecular formula is C32H72Na2O6S. The monoisotopic (exact) mass is 630 g/mol. The minimum absolute atomic E-state index is 0. The fourth-order valence-electron chi connectivity index (χ4n) is 3.94. The quantitative estimate of drug-likeness (QED) is 0.0942. The molecule has 0 amide bonds. The first kappa shape index (κ1) is 52.3. The molecule has 0 saturated heterocycles. The van der Waals surface area contributed by atoms with Crippen LogP contribution in [0.3, 0.4) is 0 Å². The molecule has 0 aromatic carbocycles. The molecule has 0 atom stereocenters. The largest absolute Gasteiger partial charge is 1.00 e. The van der Waals surface area contributed by atoms with Gasteiger partial charge in [0.1, 0.15) is 0 Å². The predicted octanol–water partition coefficient (Wildman–Crippen LogP) is 4.42. The summed E-state index contributed by atoms with van der Waals surface area (Å²) in [4.78, 5) is 0. The SMILES string of the molecule is CCCCCCCCCCCCOS(=O)(=O)OCCCCCCCCCCCC.CCOCC.CCOCC.[H-].[H-].[Na+].[Na+]. The Morgan fingerprint density at radius 2 is 0.610 bits per heavy atom. The van der Waals surface area contributed by atoms with Crippen molar-refractivity contribution in [3.8, 4) is 0 Å². The molecule has 0 aromatic rings. The summed E-state index contributed by atoms with van der Waals surface area (Å²) in [5.41, 5.74) is 0. The van der Waals surface area contributed by atoms with E-state index in [9.17, 15) is 8.42 Å². The number of unbranched alkanes of at least 4 members (excludes halogenated alkanes) is 18. The molecule has 0 aliphatic heterocycles. The molecule has 0 N–H and O–H groups in total. The van der Waals surface area contributed by atoms with Gasteiger partial charge < -0.3 is 12.3 Å². The van der Waals surface area contributed by atoms with E-state index < -0.39 is 10.4 Å². The molecular weight excluding hydrogens is 558 g/mol. The Hall–Kier alpha value is 1.79. The van der Waals surface area contributed by atoms with Crippen molar-refractivity contribution in [2.24, 2.45) is 0 Å². The second-order valence-corrected chi connectivity index (χ2v) is 11.3. The van der Waals surface area contributed by atoms with Gasteiger partial charge in [-0.2, -0.15) is 8.42 Å². The van der Waals surface area contributed by atoms with E-state index in [2.05, 4.69) is 13.8 Å². The van der Waals surface area contributed by atoms with Crippen LogP contribution in [0.25, 0.3) is 0 Å². The number of hydrogen-bond donors (Lipinski definition) is 0. The summed E-state index contributed by atoms with van der Waals surface area (Å²) in [6.45, 7) is 16.3. The second kappa shape index (κ2) is 48.7. The first-order valence-corrected chi connectivity index (χ1v) is 18.0. The number of rotatable bonds is 28. The minimum atomic E-state index is -3.80. The summed E-state index contributed by atoms with van der Waals surface area (Å²) in [5, 5.41) is 0. The smallest absolute Gasteiger partial charge is 1.00 e. The van der Waals surface area contributed by atoms with Crippen molar-refractivity contribution in [1.29, 1.82) is 0 Å². The first-order chi connectivity index (χ1) is 18.9. The minimum Gasteiger partial charge on any atom is -1.00 e. The molecule has 0 aliphatic carbocycles. The Kier molecular flexibility index (Phi) is 62.1. The van der Waals surface area contributed by atoms with Gasteiger partial charge in [0, 0.05) is 26.4 Å². The summed E-state index contributed by atoms with van der Waals surface area (Å²) in [6.07, 6.45) is 24.4. The van der Waals surface area contributed by atoms with Gasteiger partial charge >= 0.3 is 69.5 Å². The van der Waals surface area contributed by atoms with Crippen LogP contribution in [0.4, 0.5) is 0 Å². The molecule has 0 saturated carbocycles. The molecule has 0 bridgehead atoms. The number of ether oxygens (including phenoxy) is 2. The molecule has 41 heavy (non-hydrogen) atoms. The van der Waals surface area contributed by atoms with Crippen LogP contribution in [0.15, 0.2) is 0 Å². The van der Waals surface area contributed by atoms with Crippen molar-refractivity contribution in [3.63, 3.8) is 0 Å². The van der Waals surface area contributed by atoms with Crippen molar-refractivity contribution in [2.45, 2.75) is 170 Å². The predicted molar refractivity (Wildman–Crippen MR) is 171 cm³/mol. The Balaban J connectivity index is -0.000000159. The Morgan fingerprint density at radius 3 is 0.805 bits per heavy atom. The number of hydrogen-bond acceptors (Lipinski definition) is 6. The third-order valence-electron chi connectivity index (χ3n) is 6.27. The average Bonchev–Trinajstić information content (AvgIpc) is 2.92. The normalized spacial score (nSPS) is 10.5. The molecule has 0 fully saturated rings. The Bertz CT molecular complexity index is 480. The molecule has 0 spiro atoms. The van der Waals surface area contributed by atoms with Crippen molar-refractivity contribution in [2.75, 3.05) is 39.6 Å². The molecule has 0 heterocycles. The van der Waals surface area contributed by atoms with Gasteiger partial charge in [-0.1, -0.05) is 129 Å². The van der Waals surface area contributed by atoms with Crippen molar-refractivity contribution < 1.29 is 88.2 Å². The van der Waals surface area contributed by atoms with Crippen LogP contribution in [-0.2, 0) is 28.2 Å². The van der Waals surface area contributed by atoms with Crippen LogP contribution in [-0.4, -0.2) is 48.1 Å². The van der Waals surface area contributed by atoms with Gasteiger partial charge in [-0.3, -0.25) is 0 Å². The fraction of sp³-hybridized carbons (Fsp3) is 1.00. The molecule has 0 aromatic heterocycles. The standard InChI is InChI=1S/C24H50O4S.2C4H10O.2Na.2H/c1-3-5-7-9-11-13-15-17-19-21-23-27-29(25,26)28-24-22-20-18-16-14-12-10-8-6-4-2;2*1-3-5-4-2;;;;/h3-24H2,1-2H3;2*3-4H2,1-2H3;;;;/q;;;2*+1;2*-1. The average molecular weight is 631 g/mol. The fourth-order valence-corrected chi connectivity index (χ4v) is 4.66. The molecule has 0 radical (unpaired) electrons. The van der Waals surface area contributed by atoms with E-state index in [0.29, 0.717) is 0 Å². The van der Waals surface area contributed by atoms with E-state index >= 15 is 0 Å². The maximum absolute atomic E-state index is 11.7. The van der Waals surface area contributed by atoms with Crippen LogP contribution in [0, 0.1) is 0 Å². The van der Waals surface area contributed by atoms with E-state index in [1.807, 2.05) is 27.7 Å². The van der Waals surface area contributed by atoms with E-state index in [4.69, 9.17) is 17.8 Å². The van der Waals surface area contributed by atoms with Crippen molar-refractivity contribution >= 4 is 10.4 Å². The van der Waals surface area contributed by atoms with Gasteiger partial charge in [0.15, 0.2) is 0 Å². The molecule has 6 nitrogen and oxygen atoms in total. The van der Waals surface area contributed by atoms with E-state index in [1.165, 1.54) is 89.9 Å². The zero-order chi connectivity index (χ0) is 29.7. The third kappa shape index (κ3) is 57.9.